The summed E-state index contributed by atoms with van der Waals surface area (Å²) in [5.74, 6) is -0.0870. The number of nitrogens with one attached hydrogen (secondary N) is 2. The number of amides is 1. The van der Waals surface area contributed by atoms with Gasteiger partial charge in [-0.05, 0) is 30.7 Å². The van der Waals surface area contributed by atoms with Crippen molar-refractivity contribution in [1.82, 2.24) is 5.32 Å². The highest BCUT2D eigenvalue weighted by molar-refractivity contribution is 6.31. The summed E-state index contributed by atoms with van der Waals surface area (Å²) < 4.78 is 0. The molecule has 3 nitrogen and oxygen atoms in total. The second-order valence-corrected chi connectivity index (χ2v) is 5.09. The topological polar surface area (TPSA) is 41.1 Å². The van der Waals surface area contributed by atoms with E-state index in [0.717, 1.165) is 11.3 Å². The third-order valence-electron chi connectivity index (χ3n) is 3.21. The molecule has 0 saturated carbocycles. The fourth-order valence-corrected chi connectivity index (χ4v) is 2.33. The smallest absolute Gasteiger partial charge is 0.255 e. The predicted octanol–water partition coefficient (Wildman–Crippen LogP) is 3.50. The van der Waals surface area contributed by atoms with Crippen molar-refractivity contribution in [3.05, 3.63) is 64.2 Å². The van der Waals surface area contributed by atoms with Crippen molar-refractivity contribution in [3.63, 3.8) is 0 Å². The Morgan fingerprint density at radius 2 is 1.79 bits per heavy atom. The average molecular weight is 273 g/mol. The summed E-state index contributed by atoms with van der Waals surface area (Å²) in [4.78, 5) is 12.1. The van der Waals surface area contributed by atoms with Gasteiger partial charge in [0.05, 0.1) is 11.3 Å². The van der Waals surface area contributed by atoms with Crippen molar-refractivity contribution in [2.24, 2.45) is 0 Å². The first kappa shape index (κ1) is 12.1. The molecular weight excluding hydrogens is 260 g/mol. The monoisotopic (exact) mass is 272 g/mol. The van der Waals surface area contributed by atoms with Gasteiger partial charge in [-0.1, -0.05) is 41.4 Å². The minimum atomic E-state index is -0.223. The number of halogens is 1. The number of fused-ring (bicyclic) bond motifs is 1. The zero-order valence-electron chi connectivity index (χ0n) is 10.4. The van der Waals surface area contributed by atoms with Crippen LogP contribution in [0.4, 0.5) is 5.69 Å². The number of hydrogen-bond donors (Lipinski definition) is 2. The standard InChI is InChI=1S/C15H13ClN2O/c1-9-2-4-10(5-3-9)14-17-13-8-11(16)6-7-12(13)15(19)18-14/h2-8,14,17H,1H3,(H,18,19). The second-order valence-electron chi connectivity index (χ2n) is 4.65. The van der Waals surface area contributed by atoms with E-state index < -0.39 is 0 Å². The van der Waals surface area contributed by atoms with Crippen LogP contribution in [0.25, 0.3) is 0 Å². The lowest BCUT2D eigenvalue weighted by Crippen LogP contribution is -2.38. The molecule has 2 aromatic carbocycles. The number of benzene rings is 2. The van der Waals surface area contributed by atoms with Crippen LogP contribution in [0.1, 0.15) is 27.7 Å². The Labute approximate surface area is 116 Å². The van der Waals surface area contributed by atoms with Gasteiger partial charge >= 0.3 is 0 Å². The first-order valence-electron chi connectivity index (χ1n) is 6.07. The minimum Gasteiger partial charge on any atom is -0.361 e. The summed E-state index contributed by atoms with van der Waals surface area (Å²) in [5.41, 5.74) is 3.59. The number of carbonyl (C=O) groups excluding carboxylic acids is 1. The molecule has 2 N–H and O–H groups in total. The molecule has 0 spiro atoms. The molecule has 0 radical (unpaired) electrons. The van der Waals surface area contributed by atoms with Gasteiger partial charge in [-0.25, -0.2) is 0 Å². The molecule has 0 bridgehead atoms. The molecule has 3 rings (SSSR count). The molecule has 0 fully saturated rings. The van der Waals surface area contributed by atoms with Crippen LogP contribution in [0, 0.1) is 6.92 Å². The molecule has 1 aliphatic rings. The zero-order valence-corrected chi connectivity index (χ0v) is 11.2. The molecule has 1 aliphatic heterocycles. The van der Waals surface area contributed by atoms with E-state index in [0.29, 0.717) is 10.6 Å². The molecule has 96 valence electrons. The Morgan fingerprint density at radius 3 is 2.53 bits per heavy atom. The number of rotatable bonds is 1. The first-order valence-corrected chi connectivity index (χ1v) is 6.45. The van der Waals surface area contributed by atoms with Gasteiger partial charge in [-0.3, -0.25) is 4.79 Å². The predicted molar refractivity (Wildman–Crippen MR) is 76.5 cm³/mol. The molecule has 1 unspecified atom stereocenters. The van der Waals surface area contributed by atoms with E-state index in [2.05, 4.69) is 10.6 Å². The first-order chi connectivity index (χ1) is 9.13. The Balaban J connectivity index is 1.96. The van der Waals surface area contributed by atoms with Crippen molar-refractivity contribution in [2.45, 2.75) is 13.1 Å². The maximum absolute atomic E-state index is 12.1. The van der Waals surface area contributed by atoms with E-state index in [-0.39, 0.29) is 12.1 Å². The molecular formula is C15H13ClN2O. The van der Waals surface area contributed by atoms with Crippen LogP contribution in [0.5, 0.6) is 0 Å². The van der Waals surface area contributed by atoms with Crippen molar-refractivity contribution in [3.8, 4) is 0 Å². The normalized spacial score (nSPS) is 17.4. The summed E-state index contributed by atoms with van der Waals surface area (Å²) in [7, 11) is 0. The highest BCUT2D eigenvalue weighted by atomic mass is 35.5. The minimum absolute atomic E-state index is 0.0870. The highest BCUT2D eigenvalue weighted by Gasteiger charge is 2.24. The van der Waals surface area contributed by atoms with E-state index in [1.165, 1.54) is 5.56 Å². The van der Waals surface area contributed by atoms with Crippen molar-refractivity contribution < 1.29 is 4.79 Å². The molecule has 0 aliphatic carbocycles. The van der Waals surface area contributed by atoms with Gasteiger partial charge in [0.15, 0.2) is 0 Å². The van der Waals surface area contributed by atoms with Crippen LogP contribution >= 0.6 is 11.6 Å². The zero-order chi connectivity index (χ0) is 13.4. The molecule has 0 aromatic heterocycles. The van der Waals surface area contributed by atoms with Crippen LogP contribution in [0.3, 0.4) is 0 Å². The quantitative estimate of drug-likeness (QED) is 0.834. The number of hydrogen-bond acceptors (Lipinski definition) is 2. The van der Waals surface area contributed by atoms with Gasteiger partial charge in [0.2, 0.25) is 0 Å². The van der Waals surface area contributed by atoms with Gasteiger partial charge in [0, 0.05) is 5.02 Å². The largest absolute Gasteiger partial charge is 0.361 e. The van der Waals surface area contributed by atoms with Gasteiger partial charge in [0.1, 0.15) is 6.17 Å². The van der Waals surface area contributed by atoms with Crippen LogP contribution in [-0.4, -0.2) is 5.91 Å². The maximum atomic E-state index is 12.1. The van der Waals surface area contributed by atoms with Crippen LogP contribution < -0.4 is 10.6 Å². The average Bonchev–Trinajstić information content (AvgIpc) is 2.38. The van der Waals surface area contributed by atoms with Crippen molar-refractivity contribution in [2.75, 3.05) is 5.32 Å². The van der Waals surface area contributed by atoms with E-state index in [4.69, 9.17) is 11.6 Å². The lowest BCUT2D eigenvalue weighted by Gasteiger charge is -2.28. The molecule has 19 heavy (non-hydrogen) atoms. The van der Waals surface area contributed by atoms with Gasteiger partial charge in [-0.15, -0.1) is 0 Å². The third-order valence-corrected chi connectivity index (χ3v) is 3.45. The van der Waals surface area contributed by atoms with Crippen molar-refractivity contribution >= 4 is 23.2 Å². The molecule has 1 amide bonds. The van der Waals surface area contributed by atoms with Gasteiger partial charge in [-0.2, -0.15) is 0 Å². The lowest BCUT2D eigenvalue weighted by molar-refractivity contribution is 0.0935. The van der Waals surface area contributed by atoms with Crippen molar-refractivity contribution in [1.29, 1.82) is 0 Å². The van der Waals surface area contributed by atoms with Crippen LogP contribution in [0.15, 0.2) is 42.5 Å². The maximum Gasteiger partial charge on any atom is 0.255 e. The summed E-state index contributed by atoms with van der Waals surface area (Å²) >= 11 is 5.97. The Morgan fingerprint density at radius 1 is 1.05 bits per heavy atom. The number of aryl methyl sites for hydroxylation is 1. The van der Waals surface area contributed by atoms with Gasteiger partial charge in [0.25, 0.3) is 5.91 Å². The molecule has 0 saturated heterocycles. The molecule has 2 aromatic rings. The Bertz CT molecular complexity index is 637. The van der Waals surface area contributed by atoms with E-state index in [1.54, 1.807) is 18.2 Å². The summed E-state index contributed by atoms with van der Waals surface area (Å²) in [5, 5.41) is 6.84. The van der Waals surface area contributed by atoms with Crippen LogP contribution in [0.2, 0.25) is 5.02 Å². The van der Waals surface area contributed by atoms with Crippen LogP contribution in [-0.2, 0) is 0 Å². The van der Waals surface area contributed by atoms with E-state index >= 15 is 0 Å². The van der Waals surface area contributed by atoms with Gasteiger partial charge < -0.3 is 10.6 Å². The Hall–Kier alpha value is -2.00. The molecule has 4 heteroatoms. The molecule has 1 atom stereocenters. The highest BCUT2D eigenvalue weighted by Crippen LogP contribution is 2.28. The lowest BCUT2D eigenvalue weighted by atomic mass is 10.0. The SMILES string of the molecule is Cc1ccc(C2NC(=O)c3ccc(Cl)cc3N2)cc1. The van der Waals surface area contributed by atoms with E-state index in [9.17, 15) is 4.79 Å². The van der Waals surface area contributed by atoms with E-state index in [1.807, 2.05) is 31.2 Å². The Kier molecular flexibility index (Phi) is 2.91. The fraction of sp³-hybridized carbons (Fsp3) is 0.133. The fourth-order valence-electron chi connectivity index (χ4n) is 2.16. The summed E-state index contributed by atoms with van der Waals surface area (Å²) in [6.07, 6.45) is -0.223. The second kappa shape index (κ2) is 4.59. The number of anilines is 1. The third kappa shape index (κ3) is 2.29. The summed E-state index contributed by atoms with van der Waals surface area (Å²) in [6, 6.07) is 13.3. The molecule has 1 heterocycles. The summed E-state index contributed by atoms with van der Waals surface area (Å²) in [6.45, 7) is 2.03. The number of carbonyl (C=O) groups is 1.